The lowest BCUT2D eigenvalue weighted by atomic mass is 9.99. The molecule has 3 aromatic carbocycles. The fourth-order valence-electron chi connectivity index (χ4n) is 4.48. The van der Waals surface area contributed by atoms with Crippen LogP contribution in [0.1, 0.15) is 45.5 Å². The van der Waals surface area contributed by atoms with Crippen LogP contribution in [0.3, 0.4) is 0 Å². The average molecular weight is 548 g/mol. The maximum Gasteiger partial charge on any atom is 0.253 e. The molecule has 1 fully saturated rings. The number of ether oxygens (including phenoxy) is 2. The van der Waals surface area contributed by atoms with Crippen molar-refractivity contribution in [2.24, 2.45) is 5.73 Å². The van der Waals surface area contributed by atoms with E-state index in [0.717, 1.165) is 31.2 Å². The maximum atomic E-state index is 12.2. The number of halogens is 1. The molecule has 0 spiro atoms. The number of para-hydroxylation sites is 1. The Kier molecular flexibility index (Phi) is 8.05. The van der Waals surface area contributed by atoms with Crippen LogP contribution in [0.4, 0.5) is 0 Å². The quantitative estimate of drug-likeness (QED) is 0.263. The van der Waals surface area contributed by atoms with Crippen molar-refractivity contribution in [1.29, 1.82) is 0 Å². The summed E-state index contributed by atoms with van der Waals surface area (Å²) in [6, 6.07) is 17.1. The Balaban J connectivity index is 0.000000198. The van der Waals surface area contributed by atoms with Crippen LogP contribution in [0.25, 0.3) is 22.0 Å². The second kappa shape index (κ2) is 11.8. The summed E-state index contributed by atoms with van der Waals surface area (Å²) in [5.74, 6) is 0.0532. The lowest BCUT2D eigenvalue weighted by molar-refractivity contribution is 0.0949. The van der Waals surface area contributed by atoms with Crippen molar-refractivity contribution in [2.75, 3.05) is 19.8 Å². The van der Waals surface area contributed by atoms with Gasteiger partial charge in [0.05, 0.1) is 16.1 Å². The third kappa shape index (κ3) is 6.19. The number of fused-ring (bicyclic) bond motifs is 2. The number of nitrogens with two attached hydrogens (primary N) is 1. The van der Waals surface area contributed by atoms with Gasteiger partial charge in [0, 0.05) is 29.7 Å². The van der Waals surface area contributed by atoms with Crippen LogP contribution in [-0.4, -0.2) is 47.8 Å². The van der Waals surface area contributed by atoms with Gasteiger partial charge in [-0.3, -0.25) is 9.59 Å². The number of carbonyl (C=O) groups excluding carboxylic acids is 2. The highest BCUT2D eigenvalue weighted by Gasteiger charge is 2.25. The molecular weight excluding hydrogens is 518 g/mol. The Bertz CT molecular complexity index is 1510. The van der Waals surface area contributed by atoms with Gasteiger partial charge in [-0.15, -0.1) is 0 Å². The minimum atomic E-state index is -0.597. The summed E-state index contributed by atoms with van der Waals surface area (Å²) >= 11 is 6.32. The van der Waals surface area contributed by atoms with Gasteiger partial charge >= 0.3 is 0 Å². The number of aryl methyl sites for hydroxylation is 1. The van der Waals surface area contributed by atoms with Crippen molar-refractivity contribution in [2.45, 2.75) is 31.7 Å². The first-order valence-corrected chi connectivity index (χ1v) is 13.3. The Morgan fingerprint density at radius 3 is 2.56 bits per heavy atom. The zero-order chi connectivity index (χ0) is 27.4. The molecule has 0 saturated heterocycles. The molecule has 202 valence electrons. The molecule has 1 aliphatic heterocycles. The van der Waals surface area contributed by atoms with Gasteiger partial charge < -0.3 is 30.6 Å². The summed E-state index contributed by atoms with van der Waals surface area (Å²) in [5, 5.41) is 13.3. The first-order valence-electron chi connectivity index (χ1n) is 12.9. The highest BCUT2D eigenvalue weighted by molar-refractivity contribution is 6.34. The van der Waals surface area contributed by atoms with Gasteiger partial charge in [-0.2, -0.15) is 0 Å². The van der Waals surface area contributed by atoms with Gasteiger partial charge in [-0.25, -0.2) is 0 Å². The molecule has 5 N–H and O–H groups in total. The van der Waals surface area contributed by atoms with Crippen LogP contribution < -0.4 is 20.5 Å². The molecule has 0 atom stereocenters. The predicted octanol–water partition coefficient (Wildman–Crippen LogP) is 4.86. The van der Waals surface area contributed by atoms with Crippen molar-refractivity contribution in [3.8, 4) is 22.6 Å². The normalized spacial score (nSPS) is 13.9. The molecule has 0 radical (unpaired) electrons. The first kappa shape index (κ1) is 26.6. The Labute approximate surface area is 231 Å². The molecule has 0 unspecified atom stereocenters. The third-order valence-corrected chi connectivity index (χ3v) is 6.96. The average Bonchev–Trinajstić information content (AvgIpc) is 3.67. The number of aliphatic hydroxyl groups excluding tert-OH is 1. The summed E-state index contributed by atoms with van der Waals surface area (Å²) in [6.07, 6.45) is 5.83. The van der Waals surface area contributed by atoms with Crippen LogP contribution in [0.15, 0.2) is 60.8 Å². The number of rotatable bonds is 7. The fraction of sp³-hybridized carbons (Fsp3) is 0.267. The summed E-state index contributed by atoms with van der Waals surface area (Å²) in [5.41, 5.74) is 10.1. The maximum absolute atomic E-state index is 12.2. The first-order chi connectivity index (χ1) is 18.9. The number of nitrogens with one attached hydrogen (secondary N) is 2. The number of aromatic nitrogens is 1. The zero-order valence-corrected chi connectivity index (χ0v) is 22.1. The standard InChI is InChI=1S/C19H17ClN2O4.C11H13NO/c20-15-8-10(1-4-13(15)19(24)22-12-2-3-12)11-7-14(18(21)23)17-16(9-11)25-5-6-26-17;13-7-3-4-9-8-12-11-6-2-1-5-10(9)11/h1,4,7-9,12H,2-3,5-6H2,(H2,21,23)(H,22,24);1-2,5-6,8,12-13H,3-4,7H2. The van der Waals surface area contributed by atoms with Gasteiger partial charge in [0.1, 0.15) is 13.2 Å². The van der Waals surface area contributed by atoms with Crippen LogP contribution in [0.2, 0.25) is 5.02 Å². The largest absolute Gasteiger partial charge is 0.486 e. The number of H-pyrrole nitrogens is 1. The van der Waals surface area contributed by atoms with Gasteiger partial charge in [-0.1, -0.05) is 35.9 Å². The lowest BCUT2D eigenvalue weighted by Gasteiger charge is -2.21. The number of amides is 2. The molecule has 39 heavy (non-hydrogen) atoms. The smallest absolute Gasteiger partial charge is 0.253 e. The van der Waals surface area contributed by atoms with Crippen LogP contribution in [0, 0.1) is 0 Å². The molecule has 0 bridgehead atoms. The van der Waals surface area contributed by atoms with Gasteiger partial charge in [0.15, 0.2) is 11.5 Å². The molecule has 1 aromatic heterocycles. The Hall–Kier alpha value is -4.01. The number of hydrogen-bond acceptors (Lipinski definition) is 5. The zero-order valence-electron chi connectivity index (χ0n) is 21.3. The number of benzene rings is 3. The molecule has 2 amide bonds. The van der Waals surface area contributed by atoms with Crippen LogP contribution in [-0.2, 0) is 6.42 Å². The van der Waals surface area contributed by atoms with Crippen molar-refractivity contribution in [3.05, 3.63) is 82.5 Å². The van der Waals surface area contributed by atoms with E-state index >= 15 is 0 Å². The number of aliphatic hydroxyl groups is 1. The van der Waals surface area contributed by atoms with E-state index in [1.807, 2.05) is 18.3 Å². The highest BCUT2D eigenvalue weighted by atomic mass is 35.5. The van der Waals surface area contributed by atoms with Gasteiger partial charge in [-0.05, 0) is 72.7 Å². The molecule has 4 aromatic rings. The van der Waals surface area contributed by atoms with Crippen LogP contribution in [0.5, 0.6) is 11.5 Å². The van der Waals surface area contributed by atoms with E-state index in [2.05, 4.69) is 22.4 Å². The predicted molar refractivity (Wildman–Crippen MR) is 151 cm³/mol. The third-order valence-electron chi connectivity index (χ3n) is 6.65. The number of primary amides is 1. The van der Waals surface area contributed by atoms with E-state index in [0.29, 0.717) is 40.9 Å². The Morgan fingerprint density at radius 2 is 1.82 bits per heavy atom. The minimum absolute atomic E-state index is 0.177. The second-order valence-electron chi connectivity index (χ2n) is 9.54. The lowest BCUT2D eigenvalue weighted by Crippen LogP contribution is -2.25. The van der Waals surface area contributed by atoms with Crippen molar-refractivity contribution >= 4 is 34.3 Å². The number of aromatic amines is 1. The number of carbonyl (C=O) groups is 2. The molecule has 1 saturated carbocycles. The van der Waals surface area contributed by atoms with E-state index in [1.165, 1.54) is 16.5 Å². The molecule has 6 rings (SSSR count). The van der Waals surface area contributed by atoms with E-state index in [9.17, 15) is 9.59 Å². The highest BCUT2D eigenvalue weighted by Crippen LogP contribution is 2.39. The van der Waals surface area contributed by atoms with Crippen LogP contribution >= 0.6 is 11.6 Å². The monoisotopic (exact) mass is 547 g/mol. The molecule has 8 nitrogen and oxygen atoms in total. The second-order valence-corrected chi connectivity index (χ2v) is 9.95. The van der Waals surface area contributed by atoms with E-state index in [-0.39, 0.29) is 24.1 Å². The molecule has 2 heterocycles. The minimum Gasteiger partial charge on any atom is -0.486 e. The van der Waals surface area contributed by atoms with Crippen molar-refractivity contribution < 1.29 is 24.2 Å². The van der Waals surface area contributed by atoms with Crippen molar-refractivity contribution in [1.82, 2.24) is 10.3 Å². The van der Waals surface area contributed by atoms with E-state index in [4.69, 9.17) is 31.9 Å². The molecule has 1 aliphatic carbocycles. The SMILES string of the molecule is NC(=O)c1cc(-c2ccc(C(=O)NC3CC3)c(Cl)c2)cc2c1OCCO2.OCCCc1c[nH]c2ccccc12. The molecular formula is C30H30ClN3O5. The molecule has 2 aliphatic rings. The van der Waals surface area contributed by atoms with Crippen molar-refractivity contribution in [3.63, 3.8) is 0 Å². The summed E-state index contributed by atoms with van der Waals surface area (Å²) < 4.78 is 11.1. The number of hydrogen-bond donors (Lipinski definition) is 4. The Morgan fingerprint density at radius 1 is 1.03 bits per heavy atom. The van der Waals surface area contributed by atoms with Gasteiger partial charge in [0.2, 0.25) is 0 Å². The summed E-state index contributed by atoms with van der Waals surface area (Å²) in [4.78, 5) is 27.2. The van der Waals surface area contributed by atoms with E-state index in [1.54, 1.807) is 30.3 Å². The van der Waals surface area contributed by atoms with Gasteiger partial charge in [0.25, 0.3) is 11.8 Å². The van der Waals surface area contributed by atoms with E-state index < -0.39 is 5.91 Å². The fourth-order valence-corrected chi connectivity index (χ4v) is 4.75. The topological polar surface area (TPSA) is 127 Å². The molecule has 9 heteroatoms. The summed E-state index contributed by atoms with van der Waals surface area (Å²) in [7, 11) is 0. The summed E-state index contributed by atoms with van der Waals surface area (Å²) in [6.45, 7) is 1.03.